The summed E-state index contributed by atoms with van der Waals surface area (Å²) >= 11 is 0. The predicted octanol–water partition coefficient (Wildman–Crippen LogP) is 2.28. The number of likely N-dealkylation sites (N-methyl/N-ethyl adjacent to an activating group) is 1. The lowest BCUT2D eigenvalue weighted by Gasteiger charge is -2.20. The van der Waals surface area contributed by atoms with Crippen LogP contribution in [0.4, 0.5) is 4.79 Å². The van der Waals surface area contributed by atoms with Gasteiger partial charge in [0.15, 0.2) is 0 Å². The zero-order valence-corrected chi connectivity index (χ0v) is 23.7. The van der Waals surface area contributed by atoms with E-state index < -0.39 is 48.4 Å². The Hall–Kier alpha value is -5.03. The van der Waals surface area contributed by atoms with E-state index in [4.69, 9.17) is 5.73 Å². The van der Waals surface area contributed by atoms with Crippen molar-refractivity contribution in [2.75, 3.05) is 13.6 Å². The van der Waals surface area contributed by atoms with E-state index in [1.165, 1.54) is 7.05 Å². The number of rotatable bonds is 13. The van der Waals surface area contributed by atoms with Gasteiger partial charge in [0, 0.05) is 7.05 Å². The average molecular weight is 572 g/mol. The van der Waals surface area contributed by atoms with Crippen molar-refractivity contribution in [3.05, 3.63) is 108 Å². The minimum absolute atomic E-state index is 0.137. The molecule has 0 fully saturated rings. The first-order chi connectivity index (χ1) is 20.3. The molecule has 0 saturated heterocycles. The Morgan fingerprint density at radius 3 is 1.81 bits per heavy atom. The summed E-state index contributed by atoms with van der Waals surface area (Å²) in [5.41, 5.74) is 10.8. The van der Waals surface area contributed by atoms with Gasteiger partial charge in [0.1, 0.15) is 11.8 Å². The second kappa shape index (κ2) is 16.3. The number of hydrogen-bond donors (Lipinski definition) is 6. The standard InChI is InChI=1S/C31H37N7O4/c1-3-13-24(32)28(30(41)34-20-25(39)35-27(29(40)33-2)23-18-11-6-12-19-23)37-38-31(42)36-26(21-14-7-4-8-15-21)22-16-9-5-10-17-22/h4-12,14-19,24,26-27H,3,13,20,32H2,1-2H3,(H,33,40)(H,34,41)(H,35,39)(H2,36,38,42)/t24?,27-/m0/s1. The van der Waals surface area contributed by atoms with Gasteiger partial charge in [-0.3, -0.25) is 14.4 Å². The number of benzene rings is 3. The molecule has 2 atom stereocenters. The third kappa shape index (κ3) is 9.27. The molecule has 0 aliphatic rings. The second-order valence-corrected chi connectivity index (χ2v) is 9.44. The number of nitrogens with two attached hydrogens (primary N) is 1. The van der Waals surface area contributed by atoms with Gasteiger partial charge in [-0.15, -0.1) is 0 Å². The SMILES string of the molecule is CCCC(N)C(=NNC(=O)NC(c1ccccc1)c1ccccc1)C(=O)NCC(=O)N[C@H](C(=O)NC)c1ccccc1. The van der Waals surface area contributed by atoms with Crippen LogP contribution in [0.1, 0.15) is 48.5 Å². The van der Waals surface area contributed by atoms with Crippen LogP contribution in [-0.4, -0.2) is 49.1 Å². The van der Waals surface area contributed by atoms with Gasteiger partial charge in [0.05, 0.1) is 18.6 Å². The summed E-state index contributed by atoms with van der Waals surface area (Å²) in [6.45, 7) is 1.46. The Bertz CT molecular complexity index is 1310. The Morgan fingerprint density at radius 2 is 1.31 bits per heavy atom. The third-order valence-corrected chi connectivity index (χ3v) is 6.36. The van der Waals surface area contributed by atoms with Gasteiger partial charge in [-0.1, -0.05) is 104 Å². The van der Waals surface area contributed by atoms with Crippen LogP contribution in [0.2, 0.25) is 0 Å². The number of carbonyl (C=O) groups excluding carboxylic acids is 4. The fourth-order valence-corrected chi connectivity index (χ4v) is 4.23. The number of nitrogens with one attached hydrogen (secondary N) is 5. The Labute approximate surface area is 245 Å². The number of hydrogen-bond acceptors (Lipinski definition) is 6. The van der Waals surface area contributed by atoms with E-state index in [9.17, 15) is 19.2 Å². The molecule has 3 aromatic rings. The summed E-state index contributed by atoms with van der Waals surface area (Å²) in [5.74, 6) is -1.72. The molecular formula is C31H37N7O4. The summed E-state index contributed by atoms with van der Waals surface area (Å²) in [7, 11) is 1.47. The van der Waals surface area contributed by atoms with Gasteiger partial charge in [0.25, 0.3) is 5.91 Å². The van der Waals surface area contributed by atoms with Gasteiger partial charge >= 0.3 is 6.03 Å². The van der Waals surface area contributed by atoms with Gasteiger partial charge in [-0.05, 0) is 23.1 Å². The first-order valence-electron chi connectivity index (χ1n) is 13.7. The summed E-state index contributed by atoms with van der Waals surface area (Å²) in [5, 5.41) is 14.5. The highest BCUT2D eigenvalue weighted by atomic mass is 16.2. The van der Waals surface area contributed by atoms with Gasteiger partial charge < -0.3 is 27.0 Å². The van der Waals surface area contributed by atoms with Crippen molar-refractivity contribution in [1.82, 2.24) is 26.7 Å². The molecule has 1 unspecified atom stereocenters. The van der Waals surface area contributed by atoms with Gasteiger partial charge in [0.2, 0.25) is 11.8 Å². The Morgan fingerprint density at radius 1 is 0.786 bits per heavy atom. The molecule has 0 spiro atoms. The van der Waals surface area contributed by atoms with Crippen LogP contribution in [0, 0.1) is 0 Å². The van der Waals surface area contributed by atoms with Crippen LogP contribution in [0.15, 0.2) is 96.1 Å². The summed E-state index contributed by atoms with van der Waals surface area (Å²) < 4.78 is 0. The largest absolute Gasteiger partial charge is 0.357 e. The molecular weight excluding hydrogens is 534 g/mol. The molecule has 220 valence electrons. The van der Waals surface area contributed by atoms with Crippen LogP contribution < -0.4 is 32.4 Å². The van der Waals surface area contributed by atoms with E-state index >= 15 is 0 Å². The molecule has 0 aromatic heterocycles. The van der Waals surface area contributed by atoms with Crippen molar-refractivity contribution in [2.24, 2.45) is 10.8 Å². The fourth-order valence-electron chi connectivity index (χ4n) is 4.23. The van der Waals surface area contributed by atoms with E-state index in [1.807, 2.05) is 67.6 Å². The highest BCUT2D eigenvalue weighted by Gasteiger charge is 2.24. The quantitative estimate of drug-likeness (QED) is 0.137. The number of urea groups is 1. The molecule has 42 heavy (non-hydrogen) atoms. The molecule has 0 aliphatic carbocycles. The lowest BCUT2D eigenvalue weighted by Crippen LogP contribution is -2.48. The normalized spacial score (nSPS) is 12.5. The zero-order chi connectivity index (χ0) is 30.3. The highest BCUT2D eigenvalue weighted by Crippen LogP contribution is 2.21. The van der Waals surface area contributed by atoms with Crippen LogP contribution >= 0.6 is 0 Å². The lowest BCUT2D eigenvalue weighted by atomic mass is 9.99. The molecule has 3 aromatic carbocycles. The topological polar surface area (TPSA) is 167 Å². The Kier molecular flexibility index (Phi) is 12.2. The molecule has 0 aliphatic heterocycles. The summed E-state index contributed by atoms with van der Waals surface area (Å²) in [4.78, 5) is 51.0. The smallest absolute Gasteiger partial charge is 0.335 e. The monoisotopic (exact) mass is 571 g/mol. The predicted molar refractivity (Wildman–Crippen MR) is 161 cm³/mol. The number of hydrazone groups is 1. The summed E-state index contributed by atoms with van der Waals surface area (Å²) in [6, 6.07) is 24.8. The summed E-state index contributed by atoms with van der Waals surface area (Å²) in [6.07, 6.45) is 1.08. The van der Waals surface area contributed by atoms with Gasteiger partial charge in [-0.2, -0.15) is 5.10 Å². The van der Waals surface area contributed by atoms with Gasteiger partial charge in [-0.25, -0.2) is 10.2 Å². The van der Waals surface area contributed by atoms with E-state index in [2.05, 4.69) is 31.8 Å². The van der Waals surface area contributed by atoms with E-state index in [1.54, 1.807) is 30.3 Å². The molecule has 0 saturated carbocycles. The number of nitrogens with zero attached hydrogens (tertiary/aromatic N) is 1. The van der Waals surface area contributed by atoms with E-state index in [0.717, 1.165) is 11.1 Å². The average Bonchev–Trinajstić information content (AvgIpc) is 3.02. The zero-order valence-electron chi connectivity index (χ0n) is 23.7. The van der Waals surface area contributed by atoms with Crippen LogP contribution in [0.3, 0.4) is 0 Å². The van der Waals surface area contributed by atoms with Crippen molar-refractivity contribution in [3.63, 3.8) is 0 Å². The molecule has 11 nitrogen and oxygen atoms in total. The molecule has 0 bridgehead atoms. The van der Waals surface area contributed by atoms with Crippen LogP contribution in [-0.2, 0) is 14.4 Å². The Balaban J connectivity index is 1.68. The van der Waals surface area contributed by atoms with Crippen LogP contribution in [0.25, 0.3) is 0 Å². The molecule has 7 N–H and O–H groups in total. The number of carbonyl (C=O) groups is 4. The van der Waals surface area contributed by atoms with Crippen molar-refractivity contribution < 1.29 is 19.2 Å². The third-order valence-electron chi connectivity index (χ3n) is 6.36. The maximum absolute atomic E-state index is 13.0. The molecule has 3 rings (SSSR count). The first-order valence-corrected chi connectivity index (χ1v) is 13.7. The maximum atomic E-state index is 13.0. The van der Waals surface area contributed by atoms with Crippen LogP contribution in [0.5, 0.6) is 0 Å². The molecule has 0 radical (unpaired) electrons. The van der Waals surface area contributed by atoms with E-state index in [-0.39, 0.29) is 5.71 Å². The van der Waals surface area contributed by atoms with Crippen molar-refractivity contribution >= 4 is 29.5 Å². The maximum Gasteiger partial charge on any atom is 0.335 e. The minimum Gasteiger partial charge on any atom is -0.357 e. The van der Waals surface area contributed by atoms with Crippen molar-refractivity contribution in [1.29, 1.82) is 0 Å². The first kappa shape index (κ1) is 31.5. The number of amides is 5. The van der Waals surface area contributed by atoms with E-state index in [0.29, 0.717) is 18.4 Å². The molecule has 5 amide bonds. The van der Waals surface area contributed by atoms with Crippen molar-refractivity contribution in [2.45, 2.75) is 37.9 Å². The highest BCUT2D eigenvalue weighted by molar-refractivity contribution is 6.41. The van der Waals surface area contributed by atoms with Crippen molar-refractivity contribution in [3.8, 4) is 0 Å². The lowest BCUT2D eigenvalue weighted by molar-refractivity contribution is -0.129. The molecule has 11 heteroatoms. The minimum atomic E-state index is -0.941. The second-order valence-electron chi connectivity index (χ2n) is 9.44. The fraction of sp³-hybridized carbons (Fsp3) is 0.258. The molecule has 0 heterocycles.